The highest BCUT2D eigenvalue weighted by atomic mass is 16.5. The fraction of sp³-hybridized carbons (Fsp3) is 1.00. The minimum atomic E-state index is 0.238. The molecular formula is C17H34N2O. The monoisotopic (exact) mass is 282 g/mol. The molecule has 20 heavy (non-hydrogen) atoms. The van der Waals surface area contributed by atoms with Gasteiger partial charge in [0, 0.05) is 25.7 Å². The summed E-state index contributed by atoms with van der Waals surface area (Å²) in [6.07, 6.45) is 10.4. The third-order valence-electron chi connectivity index (χ3n) is 5.11. The summed E-state index contributed by atoms with van der Waals surface area (Å²) in [4.78, 5) is 2.54. The molecule has 1 unspecified atom stereocenters. The smallest absolute Gasteiger partial charge is 0.0697 e. The van der Waals surface area contributed by atoms with Gasteiger partial charge in [-0.05, 0) is 45.2 Å². The molecule has 2 rings (SSSR count). The Morgan fingerprint density at radius 2 is 1.95 bits per heavy atom. The first-order chi connectivity index (χ1) is 9.78. The summed E-state index contributed by atoms with van der Waals surface area (Å²) in [5, 5.41) is 3.79. The molecule has 0 aromatic carbocycles. The van der Waals surface area contributed by atoms with Gasteiger partial charge in [0.2, 0.25) is 0 Å². The molecule has 0 aromatic rings. The number of likely N-dealkylation sites (N-methyl/N-ethyl adjacent to an activating group) is 1. The first-order valence-electron chi connectivity index (χ1n) is 8.88. The lowest BCUT2D eigenvalue weighted by molar-refractivity contribution is -0.109. The SMILES string of the molecule is CCCN(CC)CCNC1CCOC2(CCCCC2)C1. The van der Waals surface area contributed by atoms with Gasteiger partial charge in [-0.2, -0.15) is 0 Å². The minimum absolute atomic E-state index is 0.238. The molecule has 0 bridgehead atoms. The van der Waals surface area contributed by atoms with Crippen LogP contribution in [0.5, 0.6) is 0 Å². The van der Waals surface area contributed by atoms with Gasteiger partial charge in [0.1, 0.15) is 0 Å². The predicted molar refractivity (Wildman–Crippen MR) is 85.2 cm³/mol. The van der Waals surface area contributed by atoms with Gasteiger partial charge < -0.3 is 15.0 Å². The largest absolute Gasteiger partial charge is 0.375 e. The zero-order valence-electron chi connectivity index (χ0n) is 13.6. The van der Waals surface area contributed by atoms with E-state index in [1.54, 1.807) is 0 Å². The maximum atomic E-state index is 6.17. The van der Waals surface area contributed by atoms with E-state index < -0.39 is 0 Å². The Bertz CT molecular complexity index is 258. The van der Waals surface area contributed by atoms with Crippen molar-refractivity contribution in [1.29, 1.82) is 0 Å². The number of rotatable bonds is 7. The normalized spacial score (nSPS) is 26.2. The van der Waals surface area contributed by atoms with Crippen molar-refractivity contribution in [3.8, 4) is 0 Å². The van der Waals surface area contributed by atoms with Crippen LogP contribution in [0.2, 0.25) is 0 Å². The van der Waals surface area contributed by atoms with E-state index in [0.29, 0.717) is 6.04 Å². The van der Waals surface area contributed by atoms with E-state index in [9.17, 15) is 0 Å². The molecule has 3 nitrogen and oxygen atoms in total. The van der Waals surface area contributed by atoms with Crippen LogP contribution < -0.4 is 5.32 Å². The molecule has 2 fully saturated rings. The van der Waals surface area contributed by atoms with Crippen molar-refractivity contribution < 1.29 is 4.74 Å². The summed E-state index contributed by atoms with van der Waals surface area (Å²) in [6, 6.07) is 0.683. The number of ether oxygens (including phenoxy) is 1. The average molecular weight is 282 g/mol. The van der Waals surface area contributed by atoms with Crippen LogP contribution in [0.25, 0.3) is 0 Å². The molecule has 1 N–H and O–H groups in total. The average Bonchev–Trinajstić information content (AvgIpc) is 2.47. The maximum Gasteiger partial charge on any atom is 0.0697 e. The summed E-state index contributed by atoms with van der Waals surface area (Å²) in [5.41, 5.74) is 0.238. The van der Waals surface area contributed by atoms with Crippen LogP contribution >= 0.6 is 0 Å². The number of nitrogens with zero attached hydrogens (tertiary/aromatic N) is 1. The summed E-state index contributed by atoms with van der Waals surface area (Å²) in [6.45, 7) is 10.2. The van der Waals surface area contributed by atoms with E-state index in [1.807, 2.05) is 0 Å². The van der Waals surface area contributed by atoms with Gasteiger partial charge in [-0.25, -0.2) is 0 Å². The second-order valence-corrected chi connectivity index (χ2v) is 6.67. The first-order valence-corrected chi connectivity index (χ1v) is 8.88. The molecule has 1 spiro atoms. The number of nitrogens with one attached hydrogen (secondary N) is 1. The third kappa shape index (κ3) is 4.71. The van der Waals surface area contributed by atoms with E-state index >= 15 is 0 Å². The van der Waals surface area contributed by atoms with Gasteiger partial charge in [-0.1, -0.05) is 33.1 Å². The van der Waals surface area contributed by atoms with Crippen molar-refractivity contribution in [3.63, 3.8) is 0 Å². The Labute approximate surface area is 125 Å². The Morgan fingerprint density at radius 3 is 2.65 bits per heavy atom. The predicted octanol–water partition coefficient (Wildman–Crippen LogP) is 3.19. The van der Waals surface area contributed by atoms with Gasteiger partial charge in [0.05, 0.1) is 5.60 Å². The van der Waals surface area contributed by atoms with Crippen LogP contribution in [0.4, 0.5) is 0 Å². The van der Waals surface area contributed by atoms with Gasteiger partial charge in [0.25, 0.3) is 0 Å². The fourth-order valence-electron chi connectivity index (χ4n) is 3.92. The molecule has 1 saturated heterocycles. The lowest BCUT2D eigenvalue weighted by Gasteiger charge is -2.44. The lowest BCUT2D eigenvalue weighted by Crippen LogP contribution is -2.49. The zero-order chi connectivity index (χ0) is 14.3. The Kier molecular flexibility index (Phi) is 6.79. The van der Waals surface area contributed by atoms with Gasteiger partial charge >= 0.3 is 0 Å². The molecule has 1 aliphatic carbocycles. The van der Waals surface area contributed by atoms with E-state index in [4.69, 9.17) is 4.74 Å². The van der Waals surface area contributed by atoms with E-state index in [-0.39, 0.29) is 5.60 Å². The van der Waals surface area contributed by atoms with Gasteiger partial charge in [-0.15, -0.1) is 0 Å². The molecule has 2 aliphatic rings. The second kappa shape index (κ2) is 8.35. The lowest BCUT2D eigenvalue weighted by atomic mass is 9.78. The molecule has 118 valence electrons. The Morgan fingerprint density at radius 1 is 1.15 bits per heavy atom. The van der Waals surface area contributed by atoms with Crippen molar-refractivity contribution in [2.24, 2.45) is 0 Å². The van der Waals surface area contributed by atoms with Crippen LogP contribution in [0, 0.1) is 0 Å². The summed E-state index contributed by atoms with van der Waals surface area (Å²) in [7, 11) is 0. The van der Waals surface area contributed by atoms with E-state index in [0.717, 1.165) is 13.2 Å². The molecule has 1 atom stereocenters. The van der Waals surface area contributed by atoms with Gasteiger partial charge in [-0.3, -0.25) is 0 Å². The van der Waals surface area contributed by atoms with Crippen molar-refractivity contribution in [3.05, 3.63) is 0 Å². The summed E-state index contributed by atoms with van der Waals surface area (Å²) < 4.78 is 6.17. The highest BCUT2D eigenvalue weighted by molar-refractivity contribution is 4.92. The Balaban J connectivity index is 1.70. The van der Waals surface area contributed by atoms with Crippen molar-refractivity contribution in [2.45, 2.75) is 76.9 Å². The quantitative estimate of drug-likeness (QED) is 0.776. The standard InChI is InChI=1S/C17H34N2O/c1-3-12-19(4-2)13-11-18-16-8-14-20-17(15-16)9-6-5-7-10-17/h16,18H,3-15H2,1-2H3. The second-order valence-electron chi connectivity index (χ2n) is 6.67. The number of hydrogen-bond acceptors (Lipinski definition) is 3. The highest BCUT2D eigenvalue weighted by Crippen LogP contribution is 2.38. The topological polar surface area (TPSA) is 24.5 Å². The Hall–Kier alpha value is -0.120. The van der Waals surface area contributed by atoms with E-state index in [2.05, 4.69) is 24.1 Å². The van der Waals surface area contributed by atoms with Crippen LogP contribution in [0.15, 0.2) is 0 Å². The van der Waals surface area contributed by atoms with Crippen molar-refractivity contribution >= 4 is 0 Å². The summed E-state index contributed by atoms with van der Waals surface area (Å²) >= 11 is 0. The molecule has 1 heterocycles. The molecule has 0 aromatic heterocycles. The molecule has 3 heteroatoms. The number of hydrogen-bond donors (Lipinski definition) is 1. The van der Waals surface area contributed by atoms with E-state index in [1.165, 1.54) is 71.0 Å². The van der Waals surface area contributed by atoms with Crippen molar-refractivity contribution in [1.82, 2.24) is 10.2 Å². The van der Waals surface area contributed by atoms with Crippen LogP contribution in [0.3, 0.4) is 0 Å². The molecule has 0 amide bonds. The molecule has 0 radical (unpaired) electrons. The summed E-state index contributed by atoms with van der Waals surface area (Å²) in [5.74, 6) is 0. The third-order valence-corrected chi connectivity index (χ3v) is 5.11. The van der Waals surface area contributed by atoms with Gasteiger partial charge in [0.15, 0.2) is 0 Å². The van der Waals surface area contributed by atoms with Crippen LogP contribution in [-0.2, 0) is 4.74 Å². The molecule has 1 aliphatic heterocycles. The fourth-order valence-corrected chi connectivity index (χ4v) is 3.92. The molecule has 1 saturated carbocycles. The first kappa shape index (κ1) is 16.3. The maximum absolute atomic E-state index is 6.17. The zero-order valence-corrected chi connectivity index (χ0v) is 13.6. The minimum Gasteiger partial charge on any atom is -0.375 e. The van der Waals surface area contributed by atoms with Crippen molar-refractivity contribution in [2.75, 3.05) is 32.8 Å². The van der Waals surface area contributed by atoms with Crippen LogP contribution in [0.1, 0.15) is 65.2 Å². The van der Waals surface area contributed by atoms with Crippen LogP contribution in [-0.4, -0.2) is 49.3 Å². The highest BCUT2D eigenvalue weighted by Gasteiger charge is 2.38. The molecular weight excluding hydrogens is 248 g/mol.